The highest BCUT2D eigenvalue weighted by Crippen LogP contribution is 2.18. The molecule has 0 aromatic heterocycles. The van der Waals surface area contributed by atoms with E-state index in [9.17, 15) is 17.6 Å². The van der Waals surface area contributed by atoms with Gasteiger partial charge in [0.25, 0.3) is 5.91 Å². The van der Waals surface area contributed by atoms with Gasteiger partial charge in [0.1, 0.15) is 10.7 Å². The Kier molecular flexibility index (Phi) is 6.45. The summed E-state index contributed by atoms with van der Waals surface area (Å²) in [6, 6.07) is 11.9. The standard InChI is InChI=1S/C19H18FN3O3S/c1-3-10-22-27(25,26)18-11-16(8-9-17(18)20)19(24)23(2)13-15-6-4-14(12-21)5-7-15/h3-9,11,22H,1,10,13H2,2H3. The number of nitrogens with zero attached hydrogens (tertiary/aromatic N) is 2. The van der Waals surface area contributed by atoms with Crippen LogP contribution in [0.3, 0.4) is 0 Å². The van der Waals surface area contributed by atoms with Gasteiger partial charge in [-0.3, -0.25) is 4.79 Å². The lowest BCUT2D eigenvalue weighted by Crippen LogP contribution is -2.28. The lowest BCUT2D eigenvalue weighted by atomic mass is 10.1. The Labute approximate surface area is 157 Å². The molecule has 140 valence electrons. The molecule has 2 aromatic carbocycles. The van der Waals surface area contributed by atoms with Crippen LogP contribution in [-0.2, 0) is 16.6 Å². The molecule has 27 heavy (non-hydrogen) atoms. The average molecular weight is 387 g/mol. The Bertz CT molecular complexity index is 996. The highest BCUT2D eigenvalue weighted by molar-refractivity contribution is 7.89. The summed E-state index contributed by atoms with van der Waals surface area (Å²) >= 11 is 0. The minimum atomic E-state index is -4.10. The quantitative estimate of drug-likeness (QED) is 0.739. The molecule has 1 N–H and O–H groups in total. The number of sulfonamides is 1. The lowest BCUT2D eigenvalue weighted by molar-refractivity contribution is 0.0784. The van der Waals surface area contributed by atoms with Crippen molar-refractivity contribution < 1.29 is 17.6 Å². The zero-order valence-corrected chi connectivity index (χ0v) is 15.5. The first-order chi connectivity index (χ1) is 12.8. The predicted octanol–water partition coefficient (Wildman–Crippen LogP) is 2.43. The SMILES string of the molecule is C=CCNS(=O)(=O)c1cc(C(=O)N(C)Cc2ccc(C#N)cc2)ccc1F. The van der Waals surface area contributed by atoms with Crippen molar-refractivity contribution in [3.63, 3.8) is 0 Å². The van der Waals surface area contributed by atoms with Crippen molar-refractivity contribution in [3.8, 4) is 6.07 Å². The van der Waals surface area contributed by atoms with Gasteiger partial charge in [-0.15, -0.1) is 6.58 Å². The maximum Gasteiger partial charge on any atom is 0.253 e. The molecular weight excluding hydrogens is 369 g/mol. The minimum absolute atomic E-state index is 0.0477. The number of nitrogens with one attached hydrogen (secondary N) is 1. The van der Waals surface area contributed by atoms with Crippen molar-refractivity contribution in [1.82, 2.24) is 9.62 Å². The van der Waals surface area contributed by atoms with Gasteiger partial charge >= 0.3 is 0 Å². The third-order valence-electron chi connectivity index (χ3n) is 3.73. The number of nitriles is 1. The second-order valence-corrected chi connectivity index (χ2v) is 7.49. The highest BCUT2D eigenvalue weighted by Gasteiger charge is 2.22. The van der Waals surface area contributed by atoms with Crippen molar-refractivity contribution in [2.45, 2.75) is 11.4 Å². The Hall–Kier alpha value is -3.02. The first-order valence-corrected chi connectivity index (χ1v) is 9.41. The Morgan fingerprint density at radius 1 is 1.30 bits per heavy atom. The molecule has 0 heterocycles. The molecule has 0 spiro atoms. The van der Waals surface area contributed by atoms with E-state index in [-0.39, 0.29) is 18.7 Å². The fourth-order valence-corrected chi connectivity index (χ4v) is 3.44. The molecule has 8 heteroatoms. The van der Waals surface area contributed by atoms with E-state index in [1.54, 1.807) is 31.3 Å². The maximum atomic E-state index is 14.0. The van der Waals surface area contributed by atoms with Crippen LogP contribution in [0.4, 0.5) is 4.39 Å². The van der Waals surface area contributed by atoms with Crippen LogP contribution in [0.15, 0.2) is 60.0 Å². The van der Waals surface area contributed by atoms with Gasteiger partial charge in [0.2, 0.25) is 10.0 Å². The summed E-state index contributed by atoms with van der Waals surface area (Å²) < 4.78 is 40.5. The molecule has 0 aliphatic rings. The number of carbonyl (C=O) groups excluding carboxylic acids is 1. The fraction of sp³-hybridized carbons (Fsp3) is 0.158. The molecule has 2 aromatic rings. The van der Waals surface area contributed by atoms with Crippen molar-refractivity contribution in [2.24, 2.45) is 0 Å². The Balaban J connectivity index is 2.23. The van der Waals surface area contributed by atoms with Crippen molar-refractivity contribution >= 4 is 15.9 Å². The van der Waals surface area contributed by atoms with Gasteiger partial charge < -0.3 is 4.90 Å². The van der Waals surface area contributed by atoms with Crippen LogP contribution in [-0.4, -0.2) is 32.8 Å². The molecule has 0 atom stereocenters. The number of hydrogen-bond donors (Lipinski definition) is 1. The van der Waals surface area contributed by atoms with Crippen LogP contribution in [0.2, 0.25) is 0 Å². The second kappa shape index (κ2) is 8.58. The number of amides is 1. The Morgan fingerprint density at radius 3 is 2.56 bits per heavy atom. The van der Waals surface area contributed by atoms with Crippen LogP contribution in [0.5, 0.6) is 0 Å². The van der Waals surface area contributed by atoms with Gasteiger partial charge in [-0.25, -0.2) is 17.5 Å². The van der Waals surface area contributed by atoms with Gasteiger partial charge in [0, 0.05) is 25.7 Å². The minimum Gasteiger partial charge on any atom is -0.337 e. The van der Waals surface area contributed by atoms with Gasteiger partial charge in [0.15, 0.2) is 0 Å². The summed E-state index contributed by atoms with van der Waals surface area (Å²) in [5, 5.41) is 8.81. The fourth-order valence-electron chi connectivity index (χ4n) is 2.34. The van der Waals surface area contributed by atoms with Gasteiger partial charge in [-0.1, -0.05) is 18.2 Å². The lowest BCUT2D eigenvalue weighted by Gasteiger charge is -2.18. The molecule has 1 amide bonds. The molecule has 0 aliphatic carbocycles. The smallest absolute Gasteiger partial charge is 0.253 e. The van der Waals surface area contributed by atoms with Crippen LogP contribution in [0, 0.1) is 17.1 Å². The first-order valence-electron chi connectivity index (χ1n) is 7.93. The van der Waals surface area contributed by atoms with Crippen LogP contribution in [0.25, 0.3) is 0 Å². The van der Waals surface area contributed by atoms with E-state index in [0.717, 1.165) is 17.7 Å². The zero-order valence-electron chi connectivity index (χ0n) is 14.6. The van der Waals surface area contributed by atoms with E-state index >= 15 is 0 Å². The molecule has 0 unspecified atom stereocenters. The average Bonchev–Trinajstić information content (AvgIpc) is 2.66. The molecule has 0 saturated heterocycles. The van der Waals surface area contributed by atoms with E-state index in [1.807, 2.05) is 6.07 Å². The molecule has 0 bridgehead atoms. The van der Waals surface area contributed by atoms with Crippen LogP contribution >= 0.6 is 0 Å². The van der Waals surface area contributed by atoms with E-state index in [0.29, 0.717) is 5.56 Å². The summed E-state index contributed by atoms with van der Waals surface area (Å²) in [6.45, 7) is 3.59. The number of halogens is 1. The van der Waals surface area contributed by atoms with Crippen molar-refractivity contribution in [1.29, 1.82) is 5.26 Å². The first kappa shape index (κ1) is 20.3. The number of hydrogen-bond acceptors (Lipinski definition) is 4. The highest BCUT2D eigenvalue weighted by atomic mass is 32.2. The normalized spacial score (nSPS) is 10.9. The van der Waals surface area contributed by atoms with E-state index in [2.05, 4.69) is 11.3 Å². The number of carbonyl (C=O) groups is 1. The summed E-state index contributed by atoms with van der Waals surface area (Å²) in [5.41, 5.74) is 1.35. The van der Waals surface area contributed by atoms with E-state index in [1.165, 1.54) is 17.0 Å². The van der Waals surface area contributed by atoms with E-state index in [4.69, 9.17) is 5.26 Å². The van der Waals surface area contributed by atoms with Crippen molar-refractivity contribution in [2.75, 3.05) is 13.6 Å². The third kappa shape index (κ3) is 5.00. The van der Waals surface area contributed by atoms with Crippen LogP contribution in [0.1, 0.15) is 21.5 Å². The zero-order chi connectivity index (χ0) is 20.0. The molecule has 0 saturated carbocycles. The summed E-state index contributed by atoms with van der Waals surface area (Å²) in [6.07, 6.45) is 1.33. The molecule has 0 fully saturated rings. The van der Waals surface area contributed by atoms with Gasteiger partial charge in [0.05, 0.1) is 11.6 Å². The molecular formula is C19H18FN3O3S. The van der Waals surface area contributed by atoms with E-state index < -0.39 is 26.6 Å². The maximum absolute atomic E-state index is 14.0. The van der Waals surface area contributed by atoms with Gasteiger partial charge in [-0.2, -0.15) is 5.26 Å². The van der Waals surface area contributed by atoms with Crippen molar-refractivity contribution in [3.05, 3.63) is 77.6 Å². The Morgan fingerprint density at radius 2 is 1.96 bits per heavy atom. The summed E-state index contributed by atoms with van der Waals surface area (Å²) in [5.74, 6) is -1.41. The number of rotatable bonds is 7. The molecule has 0 radical (unpaired) electrons. The molecule has 0 aliphatic heterocycles. The second-order valence-electron chi connectivity index (χ2n) is 5.76. The topological polar surface area (TPSA) is 90.3 Å². The summed E-state index contributed by atoms with van der Waals surface area (Å²) in [7, 11) is -2.55. The van der Waals surface area contributed by atoms with Crippen LogP contribution < -0.4 is 4.72 Å². The van der Waals surface area contributed by atoms with Gasteiger partial charge in [-0.05, 0) is 35.9 Å². The predicted molar refractivity (Wildman–Crippen MR) is 98.7 cm³/mol. The monoisotopic (exact) mass is 387 g/mol. The molecule has 2 rings (SSSR count). The number of benzene rings is 2. The molecule has 6 nitrogen and oxygen atoms in total. The summed E-state index contributed by atoms with van der Waals surface area (Å²) in [4.78, 5) is 13.4. The largest absolute Gasteiger partial charge is 0.337 e. The third-order valence-corrected chi connectivity index (χ3v) is 5.17.